The third kappa shape index (κ3) is 3.30. The molecule has 0 aliphatic carbocycles. The van der Waals surface area contributed by atoms with Crippen molar-refractivity contribution < 1.29 is 23.2 Å². The second kappa shape index (κ2) is 7.29. The lowest BCUT2D eigenvalue weighted by Gasteiger charge is -2.20. The van der Waals surface area contributed by atoms with Gasteiger partial charge in [-0.05, 0) is 49.2 Å². The van der Waals surface area contributed by atoms with E-state index in [-0.39, 0.29) is 5.69 Å². The van der Waals surface area contributed by atoms with E-state index in [1.54, 1.807) is 12.1 Å². The number of carbonyl (C=O) groups is 3. The van der Waals surface area contributed by atoms with E-state index < -0.39 is 48.0 Å². The van der Waals surface area contributed by atoms with Gasteiger partial charge in [0.05, 0.1) is 11.4 Å². The Morgan fingerprint density at radius 3 is 2.53 bits per heavy atom. The minimum atomic E-state index is -1.05. The first kappa shape index (κ1) is 19.6. The normalized spacial score (nSPS) is 20.1. The molecule has 2 aliphatic rings. The standard InChI is InChI=1S/C20H17F2N5O3/c1-10-3-5-13(7-11(10)2)27-19(29)17-18(20(27)30)26(25-24-17)9-16(28)23-15-6-4-12(21)8-14(15)22/h3-8,17-18H,9H2,1-2H3,(H,23,28). The van der Waals surface area contributed by atoms with Gasteiger partial charge in [-0.25, -0.2) is 13.7 Å². The molecule has 0 spiro atoms. The van der Waals surface area contributed by atoms with Crippen molar-refractivity contribution in [1.29, 1.82) is 0 Å². The highest BCUT2D eigenvalue weighted by molar-refractivity contribution is 6.25. The molecule has 0 saturated carbocycles. The van der Waals surface area contributed by atoms with Crippen molar-refractivity contribution in [3.63, 3.8) is 0 Å². The Morgan fingerprint density at radius 1 is 1.07 bits per heavy atom. The maximum absolute atomic E-state index is 13.7. The number of halogens is 2. The molecule has 2 heterocycles. The lowest BCUT2D eigenvalue weighted by Crippen LogP contribution is -2.43. The molecule has 1 fully saturated rings. The van der Waals surface area contributed by atoms with Gasteiger partial charge >= 0.3 is 0 Å². The van der Waals surface area contributed by atoms with Crippen molar-refractivity contribution in [3.05, 3.63) is 59.2 Å². The van der Waals surface area contributed by atoms with Crippen LogP contribution < -0.4 is 10.2 Å². The SMILES string of the molecule is Cc1ccc(N2C(=O)C3N=NN(CC(=O)Nc4ccc(F)cc4F)C3C2=O)cc1C. The van der Waals surface area contributed by atoms with Gasteiger partial charge in [0.1, 0.15) is 18.2 Å². The summed E-state index contributed by atoms with van der Waals surface area (Å²) in [6.07, 6.45) is 0. The van der Waals surface area contributed by atoms with Gasteiger partial charge in [0, 0.05) is 6.07 Å². The van der Waals surface area contributed by atoms with Crippen LogP contribution in [-0.2, 0) is 14.4 Å². The van der Waals surface area contributed by atoms with Crippen LogP contribution in [0.3, 0.4) is 0 Å². The molecule has 1 N–H and O–H groups in total. The molecule has 30 heavy (non-hydrogen) atoms. The zero-order chi connectivity index (χ0) is 21.6. The molecule has 2 aromatic carbocycles. The van der Waals surface area contributed by atoms with Crippen LogP contribution in [-0.4, -0.2) is 41.4 Å². The number of imide groups is 1. The average Bonchev–Trinajstić information content (AvgIpc) is 3.20. The molecule has 0 bridgehead atoms. The molecule has 2 unspecified atom stereocenters. The highest BCUT2D eigenvalue weighted by Crippen LogP contribution is 2.32. The Kier molecular flexibility index (Phi) is 4.76. The highest BCUT2D eigenvalue weighted by atomic mass is 19.1. The van der Waals surface area contributed by atoms with Gasteiger partial charge in [-0.3, -0.25) is 19.4 Å². The fraction of sp³-hybridized carbons (Fsp3) is 0.250. The van der Waals surface area contributed by atoms with Crippen LogP contribution in [0.2, 0.25) is 0 Å². The highest BCUT2D eigenvalue weighted by Gasteiger charge is 2.55. The summed E-state index contributed by atoms with van der Waals surface area (Å²) in [5, 5.41) is 11.0. The third-order valence-corrected chi connectivity index (χ3v) is 5.12. The number of hydrogen-bond donors (Lipinski definition) is 1. The molecule has 0 aromatic heterocycles. The predicted octanol–water partition coefficient (Wildman–Crippen LogP) is 2.51. The van der Waals surface area contributed by atoms with Gasteiger partial charge < -0.3 is 5.32 Å². The topological polar surface area (TPSA) is 94.4 Å². The van der Waals surface area contributed by atoms with Gasteiger partial charge in [0.15, 0.2) is 12.1 Å². The van der Waals surface area contributed by atoms with Gasteiger partial charge in [-0.2, -0.15) is 5.11 Å². The van der Waals surface area contributed by atoms with E-state index >= 15 is 0 Å². The number of nitrogens with one attached hydrogen (secondary N) is 1. The first-order valence-corrected chi connectivity index (χ1v) is 9.13. The number of benzene rings is 2. The molecule has 3 amide bonds. The van der Waals surface area contributed by atoms with Crippen LogP contribution in [0, 0.1) is 25.5 Å². The van der Waals surface area contributed by atoms with Crippen LogP contribution in [0.25, 0.3) is 0 Å². The van der Waals surface area contributed by atoms with E-state index in [2.05, 4.69) is 15.7 Å². The number of rotatable bonds is 4. The smallest absolute Gasteiger partial charge is 0.263 e. The number of nitrogens with zero attached hydrogens (tertiary/aromatic N) is 4. The lowest BCUT2D eigenvalue weighted by atomic mass is 10.1. The number of fused-ring (bicyclic) bond motifs is 1. The van der Waals surface area contributed by atoms with E-state index in [4.69, 9.17) is 0 Å². The minimum Gasteiger partial charge on any atom is -0.322 e. The Bertz CT molecular complexity index is 1100. The first-order valence-electron chi connectivity index (χ1n) is 9.13. The zero-order valence-corrected chi connectivity index (χ0v) is 16.1. The molecule has 2 atom stereocenters. The molecule has 0 radical (unpaired) electrons. The average molecular weight is 413 g/mol. The van der Waals surface area contributed by atoms with E-state index in [0.29, 0.717) is 11.8 Å². The number of anilines is 2. The van der Waals surface area contributed by atoms with Crippen molar-refractivity contribution in [2.75, 3.05) is 16.8 Å². The third-order valence-electron chi connectivity index (χ3n) is 5.12. The van der Waals surface area contributed by atoms with Crippen LogP contribution in [0.4, 0.5) is 20.2 Å². The molecule has 154 valence electrons. The first-order chi connectivity index (χ1) is 14.3. The van der Waals surface area contributed by atoms with Crippen LogP contribution in [0.15, 0.2) is 46.7 Å². The summed E-state index contributed by atoms with van der Waals surface area (Å²) in [4.78, 5) is 39.0. The molecular formula is C20H17F2N5O3. The number of amides is 3. The molecular weight excluding hydrogens is 396 g/mol. The largest absolute Gasteiger partial charge is 0.322 e. The second-order valence-corrected chi connectivity index (χ2v) is 7.14. The van der Waals surface area contributed by atoms with Gasteiger partial charge in [-0.1, -0.05) is 11.3 Å². The number of aryl methyl sites for hydroxylation is 2. The summed E-state index contributed by atoms with van der Waals surface area (Å²) < 4.78 is 26.7. The maximum atomic E-state index is 13.7. The lowest BCUT2D eigenvalue weighted by molar-refractivity contribution is -0.123. The van der Waals surface area contributed by atoms with Gasteiger partial charge in [0.2, 0.25) is 5.91 Å². The van der Waals surface area contributed by atoms with Crippen molar-refractivity contribution in [2.45, 2.75) is 25.9 Å². The van der Waals surface area contributed by atoms with E-state index in [0.717, 1.165) is 33.2 Å². The van der Waals surface area contributed by atoms with E-state index in [1.807, 2.05) is 19.9 Å². The summed E-state index contributed by atoms with van der Waals surface area (Å²) in [5.74, 6) is -3.46. The maximum Gasteiger partial charge on any atom is 0.263 e. The van der Waals surface area contributed by atoms with E-state index in [9.17, 15) is 23.2 Å². The monoisotopic (exact) mass is 413 g/mol. The fourth-order valence-electron chi connectivity index (χ4n) is 3.40. The Labute approximate surface area is 170 Å². The summed E-state index contributed by atoms with van der Waals surface area (Å²) in [6, 6.07) is 5.85. The molecule has 2 aliphatic heterocycles. The zero-order valence-electron chi connectivity index (χ0n) is 16.1. The van der Waals surface area contributed by atoms with Crippen molar-refractivity contribution >= 4 is 29.1 Å². The summed E-state index contributed by atoms with van der Waals surface area (Å²) >= 11 is 0. The van der Waals surface area contributed by atoms with Gasteiger partial charge in [0.25, 0.3) is 11.8 Å². The molecule has 8 nitrogen and oxygen atoms in total. The van der Waals surface area contributed by atoms with Crippen molar-refractivity contribution in [1.82, 2.24) is 5.01 Å². The number of hydrogen-bond acceptors (Lipinski definition) is 6. The molecule has 4 rings (SSSR count). The predicted molar refractivity (Wildman–Crippen MR) is 103 cm³/mol. The fourth-order valence-corrected chi connectivity index (χ4v) is 3.40. The van der Waals surface area contributed by atoms with Crippen LogP contribution in [0.1, 0.15) is 11.1 Å². The summed E-state index contributed by atoms with van der Waals surface area (Å²) in [5.41, 5.74) is 2.16. The van der Waals surface area contributed by atoms with E-state index in [1.165, 1.54) is 0 Å². The second-order valence-electron chi connectivity index (χ2n) is 7.14. The molecule has 1 saturated heterocycles. The molecule has 10 heteroatoms. The summed E-state index contributed by atoms with van der Waals surface area (Å²) in [6.45, 7) is 3.36. The number of carbonyl (C=O) groups excluding carboxylic acids is 3. The van der Waals surface area contributed by atoms with Crippen LogP contribution >= 0.6 is 0 Å². The minimum absolute atomic E-state index is 0.209. The van der Waals surface area contributed by atoms with Gasteiger partial charge in [-0.15, -0.1) is 0 Å². The Balaban J connectivity index is 1.50. The van der Waals surface area contributed by atoms with Crippen molar-refractivity contribution in [2.24, 2.45) is 10.3 Å². The summed E-state index contributed by atoms with van der Waals surface area (Å²) in [7, 11) is 0. The Hall–Kier alpha value is -3.69. The Morgan fingerprint density at radius 2 is 1.83 bits per heavy atom. The molecule has 2 aromatic rings. The van der Waals surface area contributed by atoms with Crippen LogP contribution in [0.5, 0.6) is 0 Å². The van der Waals surface area contributed by atoms with Crippen molar-refractivity contribution in [3.8, 4) is 0 Å². The quantitative estimate of drug-likeness (QED) is 0.780.